The van der Waals surface area contributed by atoms with E-state index in [-0.39, 0.29) is 5.69 Å². The van der Waals surface area contributed by atoms with Crippen molar-refractivity contribution < 1.29 is 4.92 Å². The van der Waals surface area contributed by atoms with Crippen LogP contribution in [0.2, 0.25) is 5.02 Å². The van der Waals surface area contributed by atoms with Gasteiger partial charge in [-0.05, 0) is 24.5 Å². The predicted molar refractivity (Wildman–Crippen MR) is 67.2 cm³/mol. The van der Waals surface area contributed by atoms with Gasteiger partial charge in [-0.25, -0.2) is 0 Å². The molecule has 0 radical (unpaired) electrons. The highest BCUT2D eigenvalue weighted by Crippen LogP contribution is 2.23. The van der Waals surface area contributed by atoms with E-state index >= 15 is 0 Å². The maximum atomic E-state index is 10.7. The third-order valence-corrected chi connectivity index (χ3v) is 3.55. The minimum absolute atomic E-state index is 0.0950. The van der Waals surface area contributed by atoms with Gasteiger partial charge in [0.05, 0.1) is 4.92 Å². The summed E-state index contributed by atoms with van der Waals surface area (Å²) in [6, 6.07) is 5.10. The van der Waals surface area contributed by atoms with E-state index in [1.54, 1.807) is 12.1 Å². The number of hydrogen-bond donors (Lipinski definition) is 1. The van der Waals surface area contributed by atoms with Crippen molar-refractivity contribution in [1.82, 2.24) is 5.32 Å². The first-order valence-electron chi connectivity index (χ1n) is 5.83. The number of nitro groups is 1. The molecule has 5 heteroatoms. The summed E-state index contributed by atoms with van der Waals surface area (Å²) in [5.41, 5.74) is 0.894. The van der Waals surface area contributed by atoms with Gasteiger partial charge in [-0.3, -0.25) is 10.1 Å². The largest absolute Gasteiger partial charge is 0.310 e. The number of halogens is 1. The molecule has 0 spiro atoms. The van der Waals surface area contributed by atoms with Gasteiger partial charge in [-0.15, -0.1) is 0 Å². The lowest BCUT2D eigenvalue weighted by molar-refractivity contribution is -0.384. The standard InChI is InChI=1S/C12H15ClN2O2/c13-12-6-5-11(15(16)17)7-9(12)8-14-10-3-1-2-4-10/h5-7,10,14H,1-4,8H2. The van der Waals surface area contributed by atoms with Crippen LogP contribution in [0, 0.1) is 10.1 Å². The normalized spacial score (nSPS) is 16.3. The van der Waals surface area contributed by atoms with Crippen LogP contribution in [0.15, 0.2) is 18.2 Å². The lowest BCUT2D eigenvalue weighted by Crippen LogP contribution is -2.25. The molecule has 17 heavy (non-hydrogen) atoms. The van der Waals surface area contributed by atoms with Crippen LogP contribution in [0.3, 0.4) is 0 Å². The highest BCUT2D eigenvalue weighted by molar-refractivity contribution is 6.31. The Balaban J connectivity index is 2.03. The molecule has 1 N–H and O–H groups in total. The van der Waals surface area contributed by atoms with Crippen LogP contribution >= 0.6 is 11.6 Å². The first kappa shape index (κ1) is 12.3. The van der Waals surface area contributed by atoms with Crippen molar-refractivity contribution in [1.29, 1.82) is 0 Å². The van der Waals surface area contributed by atoms with Gasteiger partial charge in [0.25, 0.3) is 5.69 Å². The van der Waals surface area contributed by atoms with Crippen LogP contribution in [0.25, 0.3) is 0 Å². The summed E-state index contributed by atoms with van der Waals surface area (Å²) < 4.78 is 0. The van der Waals surface area contributed by atoms with Crippen LogP contribution in [-0.2, 0) is 6.54 Å². The highest BCUT2D eigenvalue weighted by Gasteiger charge is 2.15. The third kappa shape index (κ3) is 3.17. The second kappa shape index (κ2) is 5.47. The zero-order chi connectivity index (χ0) is 12.3. The van der Waals surface area contributed by atoms with E-state index in [0.29, 0.717) is 17.6 Å². The highest BCUT2D eigenvalue weighted by atomic mass is 35.5. The fourth-order valence-electron chi connectivity index (χ4n) is 2.19. The molecular formula is C12H15ClN2O2. The van der Waals surface area contributed by atoms with Crippen molar-refractivity contribution in [2.24, 2.45) is 0 Å². The maximum Gasteiger partial charge on any atom is 0.269 e. The molecule has 1 aromatic rings. The molecular weight excluding hydrogens is 240 g/mol. The number of nitrogens with zero attached hydrogens (tertiary/aromatic N) is 1. The number of nitrogens with one attached hydrogen (secondary N) is 1. The molecule has 1 aromatic carbocycles. The molecule has 0 aliphatic heterocycles. The Morgan fingerprint density at radius 2 is 2.12 bits per heavy atom. The summed E-state index contributed by atoms with van der Waals surface area (Å²) in [7, 11) is 0. The summed E-state index contributed by atoms with van der Waals surface area (Å²) >= 11 is 6.02. The molecule has 1 aliphatic rings. The van der Waals surface area contributed by atoms with Crippen molar-refractivity contribution in [3.05, 3.63) is 38.9 Å². The average molecular weight is 255 g/mol. The van der Waals surface area contributed by atoms with E-state index in [1.165, 1.54) is 31.7 Å². The molecule has 92 valence electrons. The number of hydrogen-bond acceptors (Lipinski definition) is 3. The van der Waals surface area contributed by atoms with E-state index in [9.17, 15) is 10.1 Å². The van der Waals surface area contributed by atoms with Crippen LogP contribution in [0.4, 0.5) is 5.69 Å². The van der Waals surface area contributed by atoms with Crippen LogP contribution in [0.5, 0.6) is 0 Å². The molecule has 1 aliphatic carbocycles. The molecule has 0 saturated heterocycles. The van der Waals surface area contributed by atoms with Gasteiger partial charge in [0.1, 0.15) is 0 Å². The van der Waals surface area contributed by atoms with Crippen LogP contribution in [0.1, 0.15) is 31.2 Å². The van der Waals surface area contributed by atoms with Gasteiger partial charge < -0.3 is 5.32 Å². The Kier molecular flexibility index (Phi) is 3.97. The Labute approximate surface area is 105 Å². The smallest absolute Gasteiger partial charge is 0.269 e. The van der Waals surface area contributed by atoms with Gasteiger partial charge in [0.2, 0.25) is 0 Å². The Morgan fingerprint density at radius 3 is 2.76 bits per heavy atom. The SMILES string of the molecule is O=[N+]([O-])c1ccc(Cl)c(CNC2CCCC2)c1. The third-order valence-electron chi connectivity index (χ3n) is 3.18. The van der Waals surface area contributed by atoms with E-state index in [2.05, 4.69) is 5.32 Å². The first-order valence-corrected chi connectivity index (χ1v) is 6.21. The van der Waals surface area contributed by atoms with Gasteiger partial charge in [-0.1, -0.05) is 24.4 Å². The monoisotopic (exact) mass is 254 g/mol. The van der Waals surface area contributed by atoms with E-state index in [0.717, 1.165) is 5.56 Å². The molecule has 0 atom stereocenters. The molecule has 1 saturated carbocycles. The number of non-ortho nitro benzene ring substituents is 1. The zero-order valence-corrected chi connectivity index (χ0v) is 10.2. The van der Waals surface area contributed by atoms with Crippen molar-refractivity contribution >= 4 is 17.3 Å². The summed E-state index contributed by atoms with van der Waals surface area (Å²) in [5.74, 6) is 0. The lowest BCUT2D eigenvalue weighted by Gasteiger charge is -2.12. The molecule has 0 heterocycles. The molecule has 4 nitrogen and oxygen atoms in total. The number of nitro benzene ring substituents is 1. The first-order chi connectivity index (χ1) is 8.16. The van der Waals surface area contributed by atoms with Gasteiger partial charge in [0.15, 0.2) is 0 Å². The minimum atomic E-state index is -0.393. The second-order valence-corrected chi connectivity index (χ2v) is 4.80. The van der Waals surface area contributed by atoms with Crippen LogP contribution < -0.4 is 5.32 Å². The Bertz CT molecular complexity index is 417. The van der Waals surface area contributed by atoms with E-state index < -0.39 is 4.92 Å². The van der Waals surface area contributed by atoms with Gasteiger partial charge >= 0.3 is 0 Å². The summed E-state index contributed by atoms with van der Waals surface area (Å²) in [5, 5.41) is 14.6. The van der Waals surface area contributed by atoms with Crippen molar-refractivity contribution in [3.63, 3.8) is 0 Å². The molecule has 1 fully saturated rings. The Morgan fingerprint density at radius 1 is 1.41 bits per heavy atom. The second-order valence-electron chi connectivity index (χ2n) is 4.40. The van der Waals surface area contributed by atoms with Crippen LogP contribution in [-0.4, -0.2) is 11.0 Å². The fourth-order valence-corrected chi connectivity index (χ4v) is 2.38. The van der Waals surface area contributed by atoms with Crippen molar-refractivity contribution in [3.8, 4) is 0 Å². The summed E-state index contributed by atoms with van der Waals surface area (Å²) in [4.78, 5) is 10.3. The van der Waals surface area contributed by atoms with Crippen molar-refractivity contribution in [2.45, 2.75) is 38.3 Å². The van der Waals surface area contributed by atoms with E-state index in [1.807, 2.05) is 0 Å². The van der Waals surface area contributed by atoms with E-state index in [4.69, 9.17) is 11.6 Å². The predicted octanol–water partition coefficient (Wildman–Crippen LogP) is 3.28. The average Bonchev–Trinajstić information content (AvgIpc) is 2.80. The lowest BCUT2D eigenvalue weighted by atomic mass is 10.1. The number of rotatable bonds is 4. The van der Waals surface area contributed by atoms with Crippen molar-refractivity contribution in [2.75, 3.05) is 0 Å². The molecule has 0 bridgehead atoms. The minimum Gasteiger partial charge on any atom is -0.310 e. The van der Waals surface area contributed by atoms with Gasteiger partial charge in [-0.2, -0.15) is 0 Å². The molecule has 0 amide bonds. The molecule has 2 rings (SSSR count). The fraction of sp³-hybridized carbons (Fsp3) is 0.500. The topological polar surface area (TPSA) is 55.2 Å². The summed E-state index contributed by atoms with van der Waals surface area (Å²) in [6.45, 7) is 0.602. The van der Waals surface area contributed by atoms with Gasteiger partial charge in [0, 0.05) is 29.7 Å². The maximum absolute atomic E-state index is 10.7. The quantitative estimate of drug-likeness (QED) is 0.663. The molecule has 0 aromatic heterocycles. The Hall–Kier alpha value is -1.13. The molecule has 0 unspecified atom stereocenters. The summed E-state index contributed by atoms with van der Waals surface area (Å²) in [6.07, 6.45) is 4.90. The zero-order valence-electron chi connectivity index (χ0n) is 9.49. The number of benzene rings is 1.